The van der Waals surface area contributed by atoms with Gasteiger partial charge in [0.25, 0.3) is 0 Å². The molecular formula is C13H31NO. The Hall–Kier alpha value is -0.0800. The largest absolute Gasteiger partial charge is 0.870 e. The van der Waals surface area contributed by atoms with E-state index in [1.54, 1.807) is 0 Å². The predicted molar refractivity (Wildman–Crippen MR) is 67.4 cm³/mol. The van der Waals surface area contributed by atoms with Crippen LogP contribution in [0, 0.1) is 0 Å². The van der Waals surface area contributed by atoms with Crippen LogP contribution in [0.4, 0.5) is 0 Å². The molecule has 0 aromatic heterocycles. The van der Waals surface area contributed by atoms with E-state index in [1.807, 2.05) is 0 Å². The molecule has 0 atom stereocenters. The number of hydrogen-bond acceptors (Lipinski definition) is 1. The molecule has 94 valence electrons. The SMILES string of the molecule is CCCC[N+](C)(CCCC)CCCC.[OH-]. The monoisotopic (exact) mass is 217 g/mol. The average Bonchev–Trinajstić information content (AvgIpc) is 2.21. The van der Waals surface area contributed by atoms with Gasteiger partial charge >= 0.3 is 0 Å². The van der Waals surface area contributed by atoms with E-state index in [0.717, 1.165) is 0 Å². The lowest BCUT2D eigenvalue weighted by Crippen LogP contribution is -2.46. The van der Waals surface area contributed by atoms with E-state index in [0.29, 0.717) is 0 Å². The summed E-state index contributed by atoms with van der Waals surface area (Å²) in [5, 5.41) is 0. The van der Waals surface area contributed by atoms with E-state index in [2.05, 4.69) is 27.8 Å². The van der Waals surface area contributed by atoms with Gasteiger partial charge < -0.3 is 9.96 Å². The Kier molecular flexibility index (Phi) is 12.1. The molecule has 0 saturated heterocycles. The maximum atomic E-state index is 2.45. The van der Waals surface area contributed by atoms with Gasteiger partial charge in [-0.2, -0.15) is 0 Å². The molecule has 0 aromatic rings. The second-order valence-electron chi connectivity index (χ2n) is 4.85. The Balaban J connectivity index is 0. The minimum Gasteiger partial charge on any atom is -0.870 e. The van der Waals surface area contributed by atoms with Crippen LogP contribution < -0.4 is 0 Å². The molecule has 0 heterocycles. The lowest BCUT2D eigenvalue weighted by molar-refractivity contribution is -0.910. The quantitative estimate of drug-likeness (QED) is 0.542. The number of hydrogen-bond donors (Lipinski definition) is 0. The fraction of sp³-hybridized carbons (Fsp3) is 1.00. The van der Waals surface area contributed by atoms with Crippen molar-refractivity contribution in [3.8, 4) is 0 Å². The van der Waals surface area contributed by atoms with Gasteiger partial charge in [-0.05, 0) is 19.3 Å². The summed E-state index contributed by atoms with van der Waals surface area (Å²) in [5.74, 6) is 0. The van der Waals surface area contributed by atoms with Gasteiger partial charge in [0, 0.05) is 0 Å². The van der Waals surface area contributed by atoms with Gasteiger partial charge in [-0.1, -0.05) is 40.0 Å². The van der Waals surface area contributed by atoms with Crippen molar-refractivity contribution in [1.29, 1.82) is 0 Å². The molecule has 15 heavy (non-hydrogen) atoms. The number of quaternary nitrogens is 1. The third-order valence-electron chi connectivity index (χ3n) is 3.15. The van der Waals surface area contributed by atoms with Crippen LogP contribution in [-0.2, 0) is 0 Å². The second-order valence-corrected chi connectivity index (χ2v) is 4.85. The molecule has 1 N–H and O–H groups in total. The molecule has 0 aromatic carbocycles. The summed E-state index contributed by atoms with van der Waals surface area (Å²) in [7, 11) is 2.45. The van der Waals surface area contributed by atoms with E-state index >= 15 is 0 Å². The van der Waals surface area contributed by atoms with Crippen molar-refractivity contribution in [2.75, 3.05) is 26.7 Å². The summed E-state index contributed by atoms with van der Waals surface area (Å²) in [5.41, 5.74) is 0. The molecule has 0 radical (unpaired) electrons. The molecule has 0 bridgehead atoms. The number of nitrogens with zero attached hydrogens (tertiary/aromatic N) is 1. The summed E-state index contributed by atoms with van der Waals surface area (Å²) >= 11 is 0. The van der Waals surface area contributed by atoms with Gasteiger partial charge in [0.2, 0.25) is 0 Å². The van der Waals surface area contributed by atoms with Crippen molar-refractivity contribution in [1.82, 2.24) is 0 Å². The molecule has 0 rings (SSSR count). The van der Waals surface area contributed by atoms with E-state index in [1.165, 1.54) is 62.6 Å². The number of rotatable bonds is 9. The Morgan fingerprint density at radius 3 is 1.13 bits per heavy atom. The fourth-order valence-corrected chi connectivity index (χ4v) is 1.95. The van der Waals surface area contributed by atoms with Gasteiger partial charge in [0.1, 0.15) is 0 Å². The lowest BCUT2D eigenvalue weighted by Gasteiger charge is -2.34. The highest BCUT2D eigenvalue weighted by Gasteiger charge is 2.18. The molecule has 0 spiro atoms. The first kappa shape index (κ1) is 17.3. The maximum absolute atomic E-state index is 2.45. The predicted octanol–water partition coefficient (Wildman–Crippen LogP) is 3.66. The molecule has 0 aliphatic rings. The van der Waals surface area contributed by atoms with Crippen LogP contribution in [0.3, 0.4) is 0 Å². The van der Waals surface area contributed by atoms with Gasteiger partial charge in [-0.25, -0.2) is 0 Å². The van der Waals surface area contributed by atoms with Gasteiger partial charge in [0.05, 0.1) is 26.7 Å². The topological polar surface area (TPSA) is 30.0 Å². The zero-order chi connectivity index (χ0) is 10.9. The lowest BCUT2D eigenvalue weighted by atomic mass is 10.2. The van der Waals surface area contributed by atoms with Crippen molar-refractivity contribution in [3.63, 3.8) is 0 Å². The standard InChI is InChI=1S/C13H30N.H2O/c1-5-8-11-14(4,12-9-6-2)13-10-7-3;/h5-13H2,1-4H3;1H2/q+1;/p-1. The van der Waals surface area contributed by atoms with Crippen LogP contribution in [0.25, 0.3) is 0 Å². The van der Waals surface area contributed by atoms with Crippen LogP contribution in [0.2, 0.25) is 0 Å². The van der Waals surface area contributed by atoms with E-state index in [4.69, 9.17) is 0 Å². The Labute approximate surface area is 96.6 Å². The van der Waals surface area contributed by atoms with Crippen molar-refractivity contribution in [2.24, 2.45) is 0 Å². The zero-order valence-corrected chi connectivity index (χ0v) is 11.3. The Morgan fingerprint density at radius 2 is 0.933 bits per heavy atom. The van der Waals surface area contributed by atoms with Gasteiger partial charge in [-0.3, -0.25) is 0 Å². The van der Waals surface area contributed by atoms with Crippen LogP contribution in [0.15, 0.2) is 0 Å². The van der Waals surface area contributed by atoms with Gasteiger partial charge in [-0.15, -0.1) is 0 Å². The van der Waals surface area contributed by atoms with E-state index < -0.39 is 0 Å². The summed E-state index contributed by atoms with van der Waals surface area (Å²) in [6, 6.07) is 0. The third-order valence-corrected chi connectivity index (χ3v) is 3.15. The normalized spacial score (nSPS) is 11.2. The first-order chi connectivity index (χ1) is 6.68. The van der Waals surface area contributed by atoms with Crippen molar-refractivity contribution in [2.45, 2.75) is 59.3 Å². The van der Waals surface area contributed by atoms with Crippen molar-refractivity contribution >= 4 is 0 Å². The number of unbranched alkanes of at least 4 members (excludes halogenated alkanes) is 3. The maximum Gasteiger partial charge on any atom is 0.0784 e. The first-order valence-electron chi connectivity index (χ1n) is 6.52. The Bertz CT molecular complexity index is 104. The molecule has 0 fully saturated rings. The molecule has 2 heteroatoms. The average molecular weight is 217 g/mol. The highest BCUT2D eigenvalue weighted by molar-refractivity contribution is 4.43. The van der Waals surface area contributed by atoms with Gasteiger partial charge in [0.15, 0.2) is 0 Å². The fourth-order valence-electron chi connectivity index (χ4n) is 1.95. The summed E-state index contributed by atoms with van der Waals surface area (Å²) < 4.78 is 1.32. The highest BCUT2D eigenvalue weighted by atomic mass is 16.0. The Morgan fingerprint density at radius 1 is 0.667 bits per heavy atom. The van der Waals surface area contributed by atoms with Crippen molar-refractivity contribution in [3.05, 3.63) is 0 Å². The summed E-state index contributed by atoms with van der Waals surface area (Å²) in [6.45, 7) is 11.0. The van der Waals surface area contributed by atoms with Crippen molar-refractivity contribution < 1.29 is 9.96 Å². The van der Waals surface area contributed by atoms with Crippen LogP contribution >= 0.6 is 0 Å². The molecule has 0 unspecified atom stereocenters. The smallest absolute Gasteiger partial charge is 0.0784 e. The third kappa shape index (κ3) is 8.88. The highest BCUT2D eigenvalue weighted by Crippen LogP contribution is 2.10. The summed E-state index contributed by atoms with van der Waals surface area (Å²) in [4.78, 5) is 0. The second kappa shape index (κ2) is 10.4. The summed E-state index contributed by atoms with van der Waals surface area (Å²) in [6.07, 6.45) is 8.20. The molecule has 2 nitrogen and oxygen atoms in total. The van der Waals surface area contributed by atoms with E-state index in [9.17, 15) is 0 Å². The first-order valence-corrected chi connectivity index (χ1v) is 6.52. The van der Waals surface area contributed by atoms with Crippen LogP contribution in [0.1, 0.15) is 59.3 Å². The molecule has 0 aliphatic heterocycles. The molecule has 0 amide bonds. The molecular weight excluding hydrogens is 186 g/mol. The minimum absolute atomic E-state index is 0. The zero-order valence-electron chi connectivity index (χ0n) is 11.3. The van der Waals surface area contributed by atoms with Crippen LogP contribution in [-0.4, -0.2) is 36.6 Å². The molecule has 0 saturated carbocycles. The minimum atomic E-state index is 0. The molecule has 0 aliphatic carbocycles. The van der Waals surface area contributed by atoms with Crippen LogP contribution in [0.5, 0.6) is 0 Å². The van der Waals surface area contributed by atoms with E-state index in [-0.39, 0.29) is 5.48 Å².